The van der Waals surface area contributed by atoms with E-state index in [4.69, 9.17) is 51.1 Å². The van der Waals surface area contributed by atoms with Crippen molar-refractivity contribution in [1.82, 2.24) is 4.90 Å². The molecule has 0 saturated carbocycles. The van der Waals surface area contributed by atoms with Crippen molar-refractivity contribution in [1.29, 1.82) is 0 Å². The molecule has 4 rings (SSSR count). The normalized spacial score (nSPS) is 14.4. The van der Waals surface area contributed by atoms with Gasteiger partial charge in [-0.3, -0.25) is 19.3 Å². The summed E-state index contributed by atoms with van der Waals surface area (Å²) in [6, 6.07) is 16.5. The van der Waals surface area contributed by atoms with Crippen molar-refractivity contribution in [3.8, 4) is 5.75 Å². The van der Waals surface area contributed by atoms with Crippen LogP contribution in [0.15, 0.2) is 65.6 Å². The number of ether oxygens (including phenoxy) is 1. The third-order valence-corrected chi connectivity index (χ3v) is 7.10. The maximum Gasteiger partial charge on any atom is 0.293 e. The van der Waals surface area contributed by atoms with Crippen LogP contribution in [0, 0.1) is 0 Å². The number of nitrogens with one attached hydrogen (secondary N) is 1. The van der Waals surface area contributed by atoms with Gasteiger partial charge < -0.3 is 10.1 Å². The first kappa shape index (κ1) is 26.4. The van der Waals surface area contributed by atoms with Gasteiger partial charge in [0.25, 0.3) is 17.1 Å². The van der Waals surface area contributed by atoms with Crippen molar-refractivity contribution in [2.45, 2.75) is 6.54 Å². The fraction of sp³-hybridized carbons (Fsp3) is 0.0800. The van der Waals surface area contributed by atoms with Crippen molar-refractivity contribution < 1.29 is 19.1 Å². The molecule has 0 aliphatic carbocycles. The molecule has 1 heterocycles. The first-order chi connectivity index (χ1) is 17.2. The molecule has 36 heavy (non-hydrogen) atoms. The summed E-state index contributed by atoms with van der Waals surface area (Å²) in [7, 11) is 0. The minimum absolute atomic E-state index is 0.0296. The molecule has 0 radical (unpaired) electrons. The summed E-state index contributed by atoms with van der Waals surface area (Å²) in [5, 5.41) is 3.73. The van der Waals surface area contributed by atoms with Crippen LogP contribution in [0.3, 0.4) is 0 Å². The van der Waals surface area contributed by atoms with Crippen molar-refractivity contribution in [3.05, 3.63) is 96.8 Å². The van der Waals surface area contributed by atoms with E-state index in [1.54, 1.807) is 66.7 Å². The Bertz CT molecular complexity index is 1400. The molecule has 1 N–H and O–H groups in total. The van der Waals surface area contributed by atoms with Crippen molar-refractivity contribution >= 4 is 87.0 Å². The standard InChI is InChI=1S/C25H16Cl4N2O4S/c26-16-7-6-15(18(28)11-16)12-31-24(33)22(36-25(31)34)10-14-5-8-21(19(29)9-14)35-13-23(32)30-20-4-2-1-3-17(20)27/h1-11H,12-13H2,(H,30,32)/b22-10-. The molecule has 0 unspecified atom stereocenters. The maximum absolute atomic E-state index is 12.8. The number of benzene rings is 3. The molecule has 1 aliphatic rings. The lowest BCUT2D eigenvalue weighted by Gasteiger charge is -2.13. The SMILES string of the molecule is O=C(COc1ccc(/C=C2\SC(=O)N(Cc3ccc(Cl)cc3Cl)C2=O)cc1Cl)Nc1ccccc1Cl. The van der Waals surface area contributed by atoms with Crippen LogP contribution in [-0.2, 0) is 16.1 Å². The molecule has 3 amide bonds. The largest absolute Gasteiger partial charge is 0.482 e. The van der Waals surface area contributed by atoms with Crippen LogP contribution in [0.2, 0.25) is 20.1 Å². The predicted molar refractivity (Wildman–Crippen MR) is 145 cm³/mol. The van der Waals surface area contributed by atoms with Gasteiger partial charge in [0.1, 0.15) is 5.75 Å². The van der Waals surface area contributed by atoms with Gasteiger partial charge in [-0.2, -0.15) is 0 Å². The molecule has 1 aliphatic heterocycles. The van der Waals surface area contributed by atoms with E-state index in [1.165, 1.54) is 0 Å². The Kier molecular flexibility index (Phi) is 8.49. The quantitative estimate of drug-likeness (QED) is 0.291. The molecule has 1 fully saturated rings. The summed E-state index contributed by atoms with van der Waals surface area (Å²) in [5.41, 5.74) is 1.66. The monoisotopic (exact) mass is 580 g/mol. The van der Waals surface area contributed by atoms with Crippen LogP contribution in [0.4, 0.5) is 10.5 Å². The summed E-state index contributed by atoms with van der Waals surface area (Å²) in [4.78, 5) is 38.8. The predicted octanol–water partition coefficient (Wildman–Crippen LogP) is 7.55. The van der Waals surface area contributed by atoms with Crippen LogP contribution >= 0.6 is 58.2 Å². The van der Waals surface area contributed by atoms with Crippen LogP contribution in [0.5, 0.6) is 5.75 Å². The van der Waals surface area contributed by atoms with Gasteiger partial charge in [-0.1, -0.05) is 70.7 Å². The first-order valence-corrected chi connectivity index (χ1v) is 12.7. The van der Waals surface area contributed by atoms with Gasteiger partial charge in [0.2, 0.25) is 0 Å². The third kappa shape index (κ3) is 6.35. The fourth-order valence-corrected chi connectivity index (χ4v) is 4.96. The summed E-state index contributed by atoms with van der Waals surface area (Å²) in [6.07, 6.45) is 1.56. The number of rotatable bonds is 7. The van der Waals surface area contributed by atoms with E-state index in [0.717, 1.165) is 16.7 Å². The van der Waals surface area contributed by atoms with Crippen LogP contribution in [0.1, 0.15) is 11.1 Å². The number of anilines is 1. The Hall–Kier alpha value is -2.68. The summed E-state index contributed by atoms with van der Waals surface area (Å²) in [5.74, 6) is -0.560. The highest BCUT2D eigenvalue weighted by Gasteiger charge is 2.35. The lowest BCUT2D eigenvalue weighted by Crippen LogP contribution is -2.27. The minimum Gasteiger partial charge on any atom is -0.482 e. The topological polar surface area (TPSA) is 75.7 Å². The number of imide groups is 1. The Morgan fingerprint density at radius 2 is 1.72 bits per heavy atom. The molecule has 3 aromatic rings. The second kappa shape index (κ2) is 11.6. The lowest BCUT2D eigenvalue weighted by molar-refractivity contribution is -0.123. The summed E-state index contributed by atoms with van der Waals surface area (Å²) in [6.45, 7) is -0.252. The van der Waals surface area contributed by atoms with Gasteiger partial charge in [-0.05, 0) is 65.4 Å². The molecule has 1 saturated heterocycles. The molecule has 6 nitrogen and oxygen atoms in total. The number of amides is 3. The van der Waals surface area contributed by atoms with Crippen LogP contribution in [0.25, 0.3) is 6.08 Å². The number of hydrogen-bond donors (Lipinski definition) is 1. The number of carbonyl (C=O) groups excluding carboxylic acids is 3. The summed E-state index contributed by atoms with van der Waals surface area (Å²) < 4.78 is 5.51. The summed E-state index contributed by atoms with van der Waals surface area (Å²) >= 11 is 25.3. The van der Waals surface area contributed by atoms with Crippen molar-refractivity contribution in [2.75, 3.05) is 11.9 Å². The average molecular weight is 582 g/mol. The second-order valence-corrected chi connectivity index (χ2v) is 10.2. The molecule has 0 aromatic heterocycles. The molecule has 0 atom stereocenters. The Morgan fingerprint density at radius 1 is 0.944 bits per heavy atom. The highest BCUT2D eigenvalue weighted by atomic mass is 35.5. The van der Waals surface area contributed by atoms with E-state index < -0.39 is 17.1 Å². The molecular formula is C25H16Cl4N2O4S. The van der Waals surface area contributed by atoms with Gasteiger partial charge in [0.15, 0.2) is 6.61 Å². The van der Waals surface area contributed by atoms with Crippen LogP contribution < -0.4 is 10.1 Å². The van der Waals surface area contributed by atoms with Gasteiger partial charge in [0, 0.05) is 10.0 Å². The maximum atomic E-state index is 12.8. The van der Waals surface area contributed by atoms with Gasteiger partial charge in [-0.25, -0.2) is 0 Å². The van der Waals surface area contributed by atoms with E-state index in [9.17, 15) is 14.4 Å². The molecule has 0 spiro atoms. The molecule has 11 heteroatoms. The number of halogens is 4. The second-order valence-electron chi connectivity index (χ2n) is 7.51. The zero-order valence-corrected chi connectivity index (χ0v) is 22.1. The lowest BCUT2D eigenvalue weighted by atomic mass is 10.2. The Morgan fingerprint density at radius 3 is 2.44 bits per heavy atom. The number of nitrogens with zero attached hydrogens (tertiary/aromatic N) is 1. The van der Waals surface area contributed by atoms with Crippen molar-refractivity contribution in [3.63, 3.8) is 0 Å². The average Bonchev–Trinajstić information content (AvgIpc) is 3.09. The zero-order chi connectivity index (χ0) is 25.8. The van der Waals surface area contributed by atoms with E-state index in [0.29, 0.717) is 31.9 Å². The fourth-order valence-electron chi connectivity index (χ4n) is 3.22. The van der Waals surface area contributed by atoms with Gasteiger partial charge in [0.05, 0.1) is 27.2 Å². The molecular weight excluding hydrogens is 566 g/mol. The first-order valence-electron chi connectivity index (χ1n) is 10.4. The molecule has 184 valence electrons. The zero-order valence-electron chi connectivity index (χ0n) is 18.3. The number of carbonyl (C=O) groups is 3. The highest BCUT2D eigenvalue weighted by molar-refractivity contribution is 8.18. The van der Waals surface area contributed by atoms with Crippen LogP contribution in [-0.4, -0.2) is 28.6 Å². The smallest absolute Gasteiger partial charge is 0.293 e. The number of hydrogen-bond acceptors (Lipinski definition) is 5. The van der Waals surface area contributed by atoms with Gasteiger partial charge in [-0.15, -0.1) is 0 Å². The van der Waals surface area contributed by atoms with E-state index in [1.807, 2.05) is 0 Å². The Balaban J connectivity index is 1.40. The highest BCUT2D eigenvalue weighted by Crippen LogP contribution is 2.35. The van der Waals surface area contributed by atoms with E-state index >= 15 is 0 Å². The Labute approximate surface area is 231 Å². The minimum atomic E-state index is -0.441. The molecule has 3 aromatic carbocycles. The van der Waals surface area contributed by atoms with Crippen molar-refractivity contribution in [2.24, 2.45) is 0 Å². The van der Waals surface area contributed by atoms with E-state index in [2.05, 4.69) is 5.32 Å². The number of thioether (sulfide) groups is 1. The molecule has 0 bridgehead atoms. The number of para-hydroxylation sites is 1. The third-order valence-electron chi connectivity index (χ3n) is 4.98. The van der Waals surface area contributed by atoms with E-state index in [-0.39, 0.29) is 28.8 Å². The van der Waals surface area contributed by atoms with Gasteiger partial charge >= 0.3 is 0 Å².